The SMILES string of the molecule is CCCCC[C@@H](CC[C@@H]1[C@H]2Cc3cccc(OCC(=O)O)c3C[C@H]2C[C@H]1O)OC(=O)CCC(=O)O.CCCCC[C@@H](CC[C@@H]1[C@H]2Cc3cccc(OCC(=O)O)c3C[C@H]2C[C@H]1O)OC(=O)N1CCCCC1.CCCCC[C@@H](CC[C@@H]1[C@H]2Cc3cccc(OCC(=O)O)c3C[C@H]2C[C@H]1O)OC(=O)OC(C)C.CCCCC[C@H](O)CC[C@@H]1[C@H]2Cc3cccc(OCC(=O)OCOP(=O)(O)O)c3C[C@H]2C[C@H]1O. The molecule has 1 amide bonds. The van der Waals surface area contributed by atoms with E-state index < -0.39 is 69.3 Å². The lowest BCUT2D eigenvalue weighted by Gasteiger charge is -2.33. The summed E-state index contributed by atoms with van der Waals surface area (Å²) < 4.78 is 64.2. The Bertz CT molecular complexity index is 4570. The molecule has 1 heterocycles. The van der Waals surface area contributed by atoms with Crippen LogP contribution in [0.2, 0.25) is 0 Å². The molecule has 4 saturated carbocycles. The molecule has 11 N–H and O–H groups in total. The number of phosphoric acid groups is 1. The zero-order chi connectivity index (χ0) is 100. The van der Waals surface area contributed by atoms with Crippen LogP contribution in [0.15, 0.2) is 72.8 Å². The van der Waals surface area contributed by atoms with Gasteiger partial charge in [-0.05, 0) is 346 Å². The van der Waals surface area contributed by atoms with E-state index in [4.69, 9.17) is 68.1 Å². The van der Waals surface area contributed by atoms with Gasteiger partial charge in [0.1, 0.15) is 41.3 Å². The topological polar surface area (TPSA) is 472 Å². The van der Waals surface area contributed by atoms with Crippen molar-refractivity contribution in [3.05, 3.63) is 117 Å². The van der Waals surface area contributed by atoms with Gasteiger partial charge < -0.3 is 103 Å². The minimum atomic E-state index is -4.71. The highest BCUT2D eigenvalue weighted by Gasteiger charge is 2.50. The van der Waals surface area contributed by atoms with E-state index in [1.807, 2.05) is 53.4 Å². The molecule has 13 rings (SSSR count). The molecule has 4 aromatic rings. The number of hydrogen-bond donors (Lipinski definition) is 11. The number of ether oxygens (including phenoxy) is 9. The van der Waals surface area contributed by atoms with E-state index in [0.29, 0.717) is 83.2 Å². The van der Waals surface area contributed by atoms with Gasteiger partial charge in [-0.1, -0.05) is 134 Å². The van der Waals surface area contributed by atoms with Gasteiger partial charge in [0.15, 0.2) is 26.4 Å². The highest BCUT2D eigenvalue weighted by atomic mass is 31.2. The van der Waals surface area contributed by atoms with Crippen molar-refractivity contribution in [2.24, 2.45) is 71.0 Å². The van der Waals surface area contributed by atoms with Crippen molar-refractivity contribution >= 4 is 55.9 Å². The quantitative estimate of drug-likeness (QED) is 0.00643. The van der Waals surface area contributed by atoms with Crippen LogP contribution in [0.1, 0.15) is 298 Å². The second-order valence-corrected chi connectivity index (χ2v) is 41.8. The first-order valence-corrected chi connectivity index (χ1v) is 53.3. The number of unbranched alkanes of at least 4 members (excludes halogenated alkanes) is 8. The predicted octanol–water partition coefficient (Wildman–Crippen LogP) is 17.5. The Morgan fingerprint density at radius 2 is 0.727 bits per heavy atom. The first-order valence-electron chi connectivity index (χ1n) is 51.8. The second-order valence-electron chi connectivity index (χ2n) is 40.5. The Hall–Kier alpha value is -8.65. The van der Waals surface area contributed by atoms with E-state index in [2.05, 4.69) is 55.2 Å². The average Bonchev–Trinajstić information content (AvgIpc) is 1.65. The molecular formula is C107H158NO30P. The molecule has 1 saturated heterocycles. The number of phosphoric ester groups is 1. The summed E-state index contributed by atoms with van der Waals surface area (Å²) in [6, 6.07) is 23.2. The predicted molar refractivity (Wildman–Crippen MR) is 517 cm³/mol. The molecule has 32 heteroatoms. The molecule has 5 fully saturated rings. The lowest BCUT2D eigenvalue weighted by Crippen LogP contribution is -2.38. The lowest BCUT2D eigenvalue weighted by molar-refractivity contribution is -0.153. The maximum Gasteiger partial charge on any atom is 0.508 e. The van der Waals surface area contributed by atoms with Crippen molar-refractivity contribution in [1.29, 1.82) is 0 Å². The standard InChI is InChI=1S/C29H43NO6.C27H38O8.C27H40O7.C24H37O9P/c1-2-3-5-10-22(36-29(34)30-14-6-4-7-15-30)12-13-23-24-16-20-9-8-11-27(35-19-28(32)33)25(20)17-21(24)18-26(23)31;1-2-3-4-7-19(35-27(33)12-11-25(29)30)9-10-20-21-13-17-6-5-8-24(34-16-26(31)32)22(17)14-18(21)15-23(20)28;1-4-5-6-9-20(34-27(31)33-17(2)3)11-12-21-22-13-18-8-7-10-25(32-16-26(29)30)23(18)14-19(22)15-24(21)28;1-2-3-4-7-18(25)9-10-19-20-11-16-6-5-8-23(21(16)12-17(20)13-22(19)26)31-14-24(27)32-15-33-34(28,29)30/h8-9,11,21-24,26,31H,2-7,10,12-19H2,1H3,(H,32,33);5-6,8,18-21,23,28H,2-4,7,9-16H2,1H3,(H,29,30)(H,31,32);7-8,10,17,19-22,24,28H,4-6,9,11-16H2,1-3H3,(H,29,30);5-6,8,17-20,22,25-26H,2-4,7,9-15H2,1H3,(H2,28,29,30)/t21-,22-,23+,24-,26+;18-,19-,20+,21-,23+;19-,20-,21+,22-,24+;17-,18-,19+,20-,22+/m0000/s1. The van der Waals surface area contributed by atoms with Crippen LogP contribution in [0, 0.1) is 71.0 Å². The van der Waals surface area contributed by atoms with Gasteiger partial charge in [-0.25, -0.2) is 37.9 Å². The number of likely N-dealkylation sites (tertiary alicyclic amines) is 1. The van der Waals surface area contributed by atoms with Crippen LogP contribution in [-0.4, -0.2) is 210 Å². The van der Waals surface area contributed by atoms with Crippen molar-refractivity contribution in [1.82, 2.24) is 4.90 Å². The normalized spacial score (nSPS) is 24.7. The lowest BCUT2D eigenvalue weighted by atomic mass is 9.73. The van der Waals surface area contributed by atoms with E-state index in [-0.39, 0.29) is 111 Å². The zero-order valence-electron chi connectivity index (χ0n) is 82.6. The maximum absolute atomic E-state index is 12.8. The van der Waals surface area contributed by atoms with Crippen molar-refractivity contribution in [2.75, 3.05) is 46.3 Å². The molecule has 0 aromatic heterocycles. The second kappa shape index (κ2) is 57.0. The molecule has 0 spiro atoms. The number of aliphatic hydroxyl groups is 5. The summed E-state index contributed by atoms with van der Waals surface area (Å²) in [6.45, 7) is 11.5. The summed E-state index contributed by atoms with van der Waals surface area (Å²) in [4.78, 5) is 112. The minimum absolute atomic E-state index is 0.0934. The summed E-state index contributed by atoms with van der Waals surface area (Å²) >= 11 is 0. The molecular weight excluding hydrogens is 1810 g/mol. The van der Waals surface area contributed by atoms with Crippen LogP contribution in [0.5, 0.6) is 23.0 Å². The van der Waals surface area contributed by atoms with Crippen LogP contribution in [0.25, 0.3) is 0 Å². The third-order valence-electron chi connectivity index (χ3n) is 30.4. The van der Waals surface area contributed by atoms with Crippen molar-refractivity contribution < 1.29 is 146 Å². The number of esters is 2. The van der Waals surface area contributed by atoms with Gasteiger partial charge in [-0.2, -0.15) is 0 Å². The van der Waals surface area contributed by atoms with Gasteiger partial charge in [-0.15, -0.1) is 0 Å². The smallest absolute Gasteiger partial charge is 0.482 e. The fraction of sp³-hybridized carbons (Fsp3) is 0.701. The Balaban J connectivity index is 0.000000191. The number of carbonyl (C=O) groups is 8. The molecule has 0 radical (unpaired) electrons. The maximum atomic E-state index is 12.8. The number of aliphatic carboxylic acids is 4. The van der Waals surface area contributed by atoms with Crippen molar-refractivity contribution in [3.8, 4) is 23.0 Å². The molecule has 139 heavy (non-hydrogen) atoms. The minimum Gasteiger partial charge on any atom is -0.482 e. The monoisotopic (exact) mass is 1970 g/mol. The van der Waals surface area contributed by atoms with E-state index in [0.717, 1.165) is 278 Å². The first-order chi connectivity index (χ1) is 66.7. The van der Waals surface area contributed by atoms with E-state index in [1.165, 1.54) is 17.5 Å². The van der Waals surface area contributed by atoms with Crippen LogP contribution in [0.4, 0.5) is 9.59 Å². The third-order valence-corrected chi connectivity index (χ3v) is 30.8. The molecule has 9 aliphatic rings. The summed E-state index contributed by atoms with van der Waals surface area (Å²) in [5.74, 6) is 0.578. The van der Waals surface area contributed by atoms with Gasteiger partial charge in [0.2, 0.25) is 6.79 Å². The Kier molecular flexibility index (Phi) is 46.1. The van der Waals surface area contributed by atoms with E-state index >= 15 is 0 Å². The molecule has 776 valence electrons. The molecule has 1 aliphatic heterocycles. The molecule has 20 atom stereocenters. The highest BCUT2D eigenvalue weighted by Crippen LogP contribution is 2.54. The fourth-order valence-electron chi connectivity index (χ4n) is 23.6. The van der Waals surface area contributed by atoms with Crippen molar-refractivity contribution in [3.63, 3.8) is 0 Å². The van der Waals surface area contributed by atoms with Crippen LogP contribution >= 0.6 is 7.82 Å². The number of fused-ring (bicyclic) bond motifs is 8. The molecule has 4 aromatic carbocycles. The number of carboxylic acid groups (broad SMARTS) is 4. The highest BCUT2D eigenvalue weighted by molar-refractivity contribution is 7.46. The molecule has 8 aliphatic carbocycles. The summed E-state index contributed by atoms with van der Waals surface area (Å²) in [6.07, 6.45) is 31.2. The Labute approximate surface area is 819 Å². The van der Waals surface area contributed by atoms with Gasteiger partial charge in [0.25, 0.3) is 0 Å². The number of carboxylic acids is 4. The number of carbonyl (C=O) groups excluding carboxylic acids is 4. The van der Waals surface area contributed by atoms with Gasteiger partial charge in [-0.3, -0.25) is 9.59 Å². The number of hydrogen-bond acceptors (Lipinski definition) is 24. The molecule has 31 nitrogen and oxygen atoms in total. The summed E-state index contributed by atoms with van der Waals surface area (Å²) in [5.41, 5.74) is 8.92. The van der Waals surface area contributed by atoms with Crippen molar-refractivity contribution in [2.45, 2.75) is 360 Å². The van der Waals surface area contributed by atoms with E-state index in [9.17, 15) is 68.5 Å². The largest absolute Gasteiger partial charge is 0.508 e. The Morgan fingerprint density at radius 1 is 0.388 bits per heavy atom. The van der Waals surface area contributed by atoms with Crippen LogP contribution in [-0.2, 0) is 113 Å². The first kappa shape index (κ1) is 112. The number of nitrogens with zero attached hydrogens (tertiary/aromatic N) is 1. The molecule has 0 unspecified atom stereocenters. The number of piperidine rings is 1. The van der Waals surface area contributed by atoms with Crippen LogP contribution < -0.4 is 18.9 Å². The van der Waals surface area contributed by atoms with Gasteiger partial charge in [0.05, 0.1) is 49.5 Å². The molecule has 0 bridgehead atoms. The summed E-state index contributed by atoms with van der Waals surface area (Å²) in [5, 5.41) is 89.7. The number of aliphatic hydroxyl groups excluding tert-OH is 5. The Morgan fingerprint density at radius 3 is 1.06 bits per heavy atom. The van der Waals surface area contributed by atoms with Gasteiger partial charge >= 0.3 is 55.9 Å². The zero-order valence-corrected chi connectivity index (χ0v) is 83.5. The average molecular weight is 1970 g/mol. The number of rotatable bonds is 50. The van der Waals surface area contributed by atoms with Crippen LogP contribution in [0.3, 0.4) is 0 Å². The van der Waals surface area contributed by atoms with E-state index in [1.54, 1.807) is 19.9 Å². The fourth-order valence-corrected chi connectivity index (χ4v) is 23.8. The third kappa shape index (κ3) is 35.4. The summed E-state index contributed by atoms with van der Waals surface area (Å²) in [7, 11) is -4.71. The number of amides is 1. The van der Waals surface area contributed by atoms with Gasteiger partial charge in [0, 0.05) is 13.1 Å². The number of benzene rings is 4.